The monoisotopic (exact) mass is 421 g/mol. The summed E-state index contributed by atoms with van der Waals surface area (Å²) < 4.78 is 5.01. The summed E-state index contributed by atoms with van der Waals surface area (Å²) in [5.41, 5.74) is 0.705. The van der Waals surface area contributed by atoms with Crippen LogP contribution < -0.4 is 0 Å². The number of hydrogen-bond donors (Lipinski definition) is 0. The predicted octanol–water partition coefficient (Wildman–Crippen LogP) is 2.10. The van der Waals surface area contributed by atoms with E-state index in [2.05, 4.69) is 0 Å². The van der Waals surface area contributed by atoms with Crippen LogP contribution in [0.2, 0.25) is 5.02 Å². The second-order valence-corrected chi connectivity index (χ2v) is 7.90. The lowest BCUT2D eigenvalue weighted by molar-refractivity contribution is -0.149. The van der Waals surface area contributed by atoms with E-state index in [1.807, 2.05) is 23.1 Å². The van der Waals surface area contributed by atoms with E-state index in [9.17, 15) is 14.4 Å². The van der Waals surface area contributed by atoms with Crippen molar-refractivity contribution in [3.8, 4) is 0 Å². The number of hydrogen-bond acceptors (Lipinski definition) is 5. The van der Waals surface area contributed by atoms with Crippen LogP contribution in [-0.4, -0.2) is 78.9 Å². The fraction of sp³-hybridized carbons (Fsp3) is 0.571. The summed E-state index contributed by atoms with van der Waals surface area (Å²) in [5.74, 6) is -0.334. The third-order valence-corrected chi connectivity index (χ3v) is 6.00. The molecule has 2 saturated heterocycles. The third kappa shape index (κ3) is 5.28. The van der Waals surface area contributed by atoms with Gasteiger partial charge >= 0.3 is 5.97 Å². The van der Waals surface area contributed by atoms with E-state index in [1.165, 1.54) is 7.11 Å². The zero-order valence-corrected chi connectivity index (χ0v) is 17.6. The lowest BCUT2D eigenvalue weighted by atomic mass is 10.0. The van der Waals surface area contributed by atoms with Crippen LogP contribution in [-0.2, 0) is 19.1 Å². The minimum absolute atomic E-state index is 0.0349. The van der Waals surface area contributed by atoms with Crippen molar-refractivity contribution >= 4 is 29.4 Å². The molecule has 0 aliphatic carbocycles. The van der Waals surface area contributed by atoms with E-state index >= 15 is 0 Å². The fourth-order valence-electron chi connectivity index (χ4n) is 3.98. The fourth-order valence-corrected chi connectivity index (χ4v) is 4.22. The number of halogens is 1. The molecular formula is C21H28ClN3O4. The molecule has 0 spiro atoms. The Labute approximate surface area is 176 Å². The summed E-state index contributed by atoms with van der Waals surface area (Å²) in [7, 11) is 1.37. The summed E-state index contributed by atoms with van der Waals surface area (Å²) in [5, 5.41) is 0.515. The summed E-state index contributed by atoms with van der Waals surface area (Å²) in [6.45, 7) is 2.86. The molecule has 2 heterocycles. The molecule has 29 heavy (non-hydrogen) atoms. The number of rotatable bonds is 5. The zero-order valence-electron chi connectivity index (χ0n) is 16.8. The Morgan fingerprint density at radius 1 is 1.07 bits per heavy atom. The van der Waals surface area contributed by atoms with Gasteiger partial charge in [-0.05, 0) is 24.5 Å². The van der Waals surface area contributed by atoms with Gasteiger partial charge in [-0.1, -0.05) is 36.2 Å². The SMILES string of the molecule is COC(=O)C(c1ccccc1Cl)N1CCN(C(=O)CN2CCCCCC2=O)CC1. The minimum Gasteiger partial charge on any atom is -0.468 e. The van der Waals surface area contributed by atoms with Gasteiger partial charge in [0.15, 0.2) is 0 Å². The van der Waals surface area contributed by atoms with Crippen molar-refractivity contribution in [2.75, 3.05) is 46.4 Å². The average Bonchev–Trinajstić information content (AvgIpc) is 2.94. The summed E-state index contributed by atoms with van der Waals surface area (Å²) in [6, 6.07) is 6.64. The number of likely N-dealkylation sites (tertiary alicyclic amines) is 1. The maximum Gasteiger partial charge on any atom is 0.327 e. The van der Waals surface area contributed by atoms with Crippen LogP contribution in [0, 0.1) is 0 Å². The van der Waals surface area contributed by atoms with E-state index < -0.39 is 6.04 Å². The molecule has 0 radical (unpaired) electrons. The molecule has 0 saturated carbocycles. The van der Waals surface area contributed by atoms with E-state index in [-0.39, 0.29) is 24.3 Å². The average molecular weight is 422 g/mol. The van der Waals surface area contributed by atoms with Crippen LogP contribution >= 0.6 is 11.6 Å². The highest BCUT2D eigenvalue weighted by Crippen LogP contribution is 2.29. The van der Waals surface area contributed by atoms with Gasteiger partial charge in [0.1, 0.15) is 6.04 Å². The van der Waals surface area contributed by atoms with Gasteiger partial charge < -0.3 is 14.5 Å². The van der Waals surface area contributed by atoms with Crippen LogP contribution in [0.25, 0.3) is 0 Å². The molecule has 1 aromatic rings. The molecule has 3 rings (SSSR count). The molecule has 1 atom stereocenters. The first-order valence-corrected chi connectivity index (χ1v) is 10.5. The van der Waals surface area contributed by atoms with Crippen molar-refractivity contribution in [2.45, 2.75) is 31.7 Å². The largest absolute Gasteiger partial charge is 0.468 e. The first kappa shape index (κ1) is 21.6. The molecule has 158 valence electrons. The van der Waals surface area contributed by atoms with E-state index in [4.69, 9.17) is 16.3 Å². The predicted molar refractivity (Wildman–Crippen MR) is 109 cm³/mol. The molecule has 8 heteroatoms. The summed E-state index contributed by atoms with van der Waals surface area (Å²) >= 11 is 6.32. The molecule has 7 nitrogen and oxygen atoms in total. The van der Waals surface area contributed by atoms with Gasteiger partial charge in [0.2, 0.25) is 11.8 Å². The van der Waals surface area contributed by atoms with Gasteiger partial charge in [-0.15, -0.1) is 0 Å². The maximum absolute atomic E-state index is 12.7. The van der Waals surface area contributed by atoms with Gasteiger partial charge in [0.25, 0.3) is 0 Å². The lowest BCUT2D eigenvalue weighted by Crippen LogP contribution is -2.53. The second kappa shape index (κ2) is 10.1. The highest BCUT2D eigenvalue weighted by Gasteiger charge is 2.34. The quantitative estimate of drug-likeness (QED) is 0.681. The lowest BCUT2D eigenvalue weighted by Gasteiger charge is -2.39. The van der Waals surface area contributed by atoms with Crippen LogP contribution in [0.4, 0.5) is 0 Å². The van der Waals surface area contributed by atoms with E-state index in [0.29, 0.717) is 49.7 Å². The number of methoxy groups -OCH3 is 1. The van der Waals surface area contributed by atoms with Crippen molar-refractivity contribution in [1.82, 2.24) is 14.7 Å². The number of piperazine rings is 1. The molecular weight excluding hydrogens is 394 g/mol. The Morgan fingerprint density at radius 3 is 2.48 bits per heavy atom. The first-order valence-electron chi connectivity index (χ1n) is 10.1. The molecule has 2 fully saturated rings. The first-order chi connectivity index (χ1) is 14.0. The number of carbonyl (C=O) groups excluding carboxylic acids is 3. The summed E-state index contributed by atoms with van der Waals surface area (Å²) in [6.07, 6.45) is 3.41. The summed E-state index contributed by atoms with van der Waals surface area (Å²) in [4.78, 5) is 42.8. The van der Waals surface area contributed by atoms with Gasteiger partial charge in [-0.2, -0.15) is 0 Å². The van der Waals surface area contributed by atoms with Crippen molar-refractivity contribution in [3.05, 3.63) is 34.9 Å². The van der Waals surface area contributed by atoms with E-state index in [1.54, 1.807) is 15.9 Å². The Hall–Kier alpha value is -2.12. The second-order valence-electron chi connectivity index (χ2n) is 7.49. The van der Waals surface area contributed by atoms with Crippen molar-refractivity contribution < 1.29 is 19.1 Å². The van der Waals surface area contributed by atoms with Crippen molar-refractivity contribution in [1.29, 1.82) is 0 Å². The molecule has 0 bridgehead atoms. The number of carbonyl (C=O) groups is 3. The van der Waals surface area contributed by atoms with Gasteiger partial charge in [0.05, 0.1) is 13.7 Å². The maximum atomic E-state index is 12.7. The van der Waals surface area contributed by atoms with Crippen molar-refractivity contribution in [2.24, 2.45) is 0 Å². The Balaban J connectivity index is 1.62. The van der Waals surface area contributed by atoms with Crippen LogP contribution in [0.1, 0.15) is 37.3 Å². The normalized spacial score (nSPS) is 19.6. The molecule has 0 aromatic heterocycles. The van der Waals surface area contributed by atoms with Crippen LogP contribution in [0.5, 0.6) is 0 Å². The molecule has 1 aromatic carbocycles. The Morgan fingerprint density at radius 2 is 1.79 bits per heavy atom. The van der Waals surface area contributed by atoms with Gasteiger partial charge in [-0.25, -0.2) is 4.79 Å². The van der Waals surface area contributed by atoms with Crippen LogP contribution in [0.15, 0.2) is 24.3 Å². The van der Waals surface area contributed by atoms with E-state index in [0.717, 1.165) is 19.3 Å². The number of esters is 1. The topological polar surface area (TPSA) is 70.2 Å². The van der Waals surface area contributed by atoms with Crippen molar-refractivity contribution in [3.63, 3.8) is 0 Å². The Bertz CT molecular complexity index is 749. The smallest absolute Gasteiger partial charge is 0.327 e. The molecule has 2 amide bonds. The molecule has 2 aliphatic heterocycles. The van der Waals surface area contributed by atoms with Gasteiger partial charge in [-0.3, -0.25) is 14.5 Å². The molecule has 1 unspecified atom stereocenters. The van der Waals surface area contributed by atoms with Crippen LogP contribution in [0.3, 0.4) is 0 Å². The number of amides is 2. The highest BCUT2D eigenvalue weighted by molar-refractivity contribution is 6.31. The van der Waals surface area contributed by atoms with Gasteiger partial charge in [0, 0.05) is 44.2 Å². The molecule has 2 aliphatic rings. The third-order valence-electron chi connectivity index (χ3n) is 5.65. The zero-order chi connectivity index (χ0) is 20.8. The highest BCUT2D eigenvalue weighted by atomic mass is 35.5. The standard InChI is InChI=1S/C21H28ClN3O4/c1-29-21(28)20(16-7-4-5-8-17(16)22)24-13-11-23(12-14-24)19(27)15-25-10-6-2-3-9-18(25)26/h4-5,7-8,20H,2-3,6,9-15H2,1H3. The molecule has 0 N–H and O–H groups in total. The number of nitrogens with zero attached hydrogens (tertiary/aromatic N) is 3. The number of benzene rings is 1. The number of ether oxygens (including phenoxy) is 1. The minimum atomic E-state index is -0.599. The Kier molecular flexibility index (Phi) is 7.50.